The highest BCUT2D eigenvalue weighted by Crippen LogP contribution is 2.24. The minimum atomic E-state index is -0.0354. The minimum Gasteiger partial charge on any atom is -0.496 e. The fourth-order valence-corrected chi connectivity index (χ4v) is 2.32. The molecule has 1 fully saturated rings. The van der Waals surface area contributed by atoms with Gasteiger partial charge in [-0.15, -0.1) is 0 Å². The van der Waals surface area contributed by atoms with Crippen molar-refractivity contribution < 1.29 is 14.3 Å². The van der Waals surface area contributed by atoms with Crippen LogP contribution in [0, 0.1) is 6.92 Å². The van der Waals surface area contributed by atoms with Crippen LogP contribution in [0.15, 0.2) is 42.5 Å². The van der Waals surface area contributed by atoms with E-state index in [4.69, 9.17) is 9.47 Å². The summed E-state index contributed by atoms with van der Waals surface area (Å²) in [5, 5.41) is 2.99. The van der Waals surface area contributed by atoms with E-state index in [0.29, 0.717) is 18.2 Å². The van der Waals surface area contributed by atoms with Crippen LogP contribution in [0.1, 0.15) is 34.3 Å². The van der Waals surface area contributed by atoms with Crippen molar-refractivity contribution >= 4 is 5.91 Å². The zero-order valence-corrected chi connectivity index (χ0v) is 13.5. The van der Waals surface area contributed by atoms with E-state index in [-0.39, 0.29) is 5.91 Å². The monoisotopic (exact) mass is 311 g/mol. The second-order valence-electron chi connectivity index (χ2n) is 5.88. The van der Waals surface area contributed by atoms with Gasteiger partial charge >= 0.3 is 0 Å². The first-order chi connectivity index (χ1) is 11.2. The summed E-state index contributed by atoms with van der Waals surface area (Å²) in [6.07, 6.45) is 2.15. The quantitative estimate of drug-likeness (QED) is 0.888. The van der Waals surface area contributed by atoms with Gasteiger partial charge in [-0.2, -0.15) is 0 Å². The van der Waals surface area contributed by atoms with Crippen molar-refractivity contribution in [2.24, 2.45) is 0 Å². The Morgan fingerprint density at radius 2 is 1.91 bits per heavy atom. The summed E-state index contributed by atoms with van der Waals surface area (Å²) >= 11 is 0. The maximum Gasteiger partial charge on any atom is 0.251 e. The molecule has 4 heteroatoms. The molecule has 1 aliphatic carbocycles. The van der Waals surface area contributed by atoms with Gasteiger partial charge in [-0.3, -0.25) is 4.79 Å². The number of benzene rings is 2. The predicted octanol–water partition coefficient (Wildman–Crippen LogP) is 3.47. The summed E-state index contributed by atoms with van der Waals surface area (Å²) in [7, 11) is 1.62. The summed E-state index contributed by atoms with van der Waals surface area (Å²) in [6, 6.07) is 13.7. The Hall–Kier alpha value is -2.49. The molecular formula is C19H21NO3. The Morgan fingerprint density at radius 3 is 2.57 bits per heavy atom. The first-order valence-electron chi connectivity index (χ1n) is 7.83. The fourth-order valence-electron chi connectivity index (χ4n) is 2.32. The molecule has 3 rings (SSSR count). The van der Waals surface area contributed by atoms with Crippen molar-refractivity contribution in [1.82, 2.24) is 5.32 Å². The third-order valence-electron chi connectivity index (χ3n) is 3.87. The Balaban J connectivity index is 1.72. The van der Waals surface area contributed by atoms with E-state index in [1.54, 1.807) is 13.2 Å². The van der Waals surface area contributed by atoms with E-state index in [9.17, 15) is 4.79 Å². The smallest absolute Gasteiger partial charge is 0.251 e. The summed E-state index contributed by atoms with van der Waals surface area (Å²) < 4.78 is 11.2. The van der Waals surface area contributed by atoms with Crippen LogP contribution in [0.5, 0.6) is 11.5 Å². The molecule has 0 bridgehead atoms. The van der Waals surface area contributed by atoms with Crippen molar-refractivity contribution in [3.05, 3.63) is 59.2 Å². The number of aryl methyl sites for hydroxylation is 1. The van der Waals surface area contributed by atoms with Crippen molar-refractivity contribution in [3.63, 3.8) is 0 Å². The molecule has 0 radical (unpaired) electrons. The van der Waals surface area contributed by atoms with Gasteiger partial charge in [0.05, 0.1) is 7.11 Å². The zero-order chi connectivity index (χ0) is 16.2. The molecule has 0 unspecified atom stereocenters. The van der Waals surface area contributed by atoms with Gasteiger partial charge in [-0.1, -0.05) is 17.7 Å². The highest BCUT2D eigenvalue weighted by molar-refractivity contribution is 5.95. The number of ether oxygens (including phenoxy) is 2. The lowest BCUT2D eigenvalue weighted by atomic mass is 10.1. The Kier molecular flexibility index (Phi) is 4.51. The highest BCUT2D eigenvalue weighted by Gasteiger charge is 2.24. The first-order valence-corrected chi connectivity index (χ1v) is 7.83. The molecule has 0 saturated heterocycles. The van der Waals surface area contributed by atoms with Gasteiger partial charge in [0.15, 0.2) is 0 Å². The van der Waals surface area contributed by atoms with Gasteiger partial charge in [0.2, 0.25) is 0 Å². The molecule has 4 nitrogen and oxygen atoms in total. The van der Waals surface area contributed by atoms with Gasteiger partial charge in [0.25, 0.3) is 5.91 Å². The van der Waals surface area contributed by atoms with Gasteiger partial charge in [0.1, 0.15) is 18.1 Å². The van der Waals surface area contributed by atoms with E-state index in [1.165, 1.54) is 5.56 Å². The van der Waals surface area contributed by atoms with Gasteiger partial charge in [-0.05, 0) is 50.1 Å². The molecule has 0 heterocycles. The first kappa shape index (κ1) is 15.4. The third-order valence-corrected chi connectivity index (χ3v) is 3.87. The number of rotatable bonds is 6. The summed E-state index contributed by atoms with van der Waals surface area (Å²) in [5.41, 5.74) is 2.69. The van der Waals surface area contributed by atoms with Crippen LogP contribution >= 0.6 is 0 Å². The molecule has 1 aliphatic rings. The molecule has 1 amide bonds. The largest absolute Gasteiger partial charge is 0.496 e. The lowest BCUT2D eigenvalue weighted by Gasteiger charge is -2.12. The topological polar surface area (TPSA) is 47.6 Å². The molecule has 120 valence electrons. The van der Waals surface area contributed by atoms with E-state index < -0.39 is 0 Å². The van der Waals surface area contributed by atoms with Crippen molar-refractivity contribution in [3.8, 4) is 11.5 Å². The lowest BCUT2D eigenvalue weighted by molar-refractivity contribution is 0.0951. The maximum absolute atomic E-state index is 12.2. The molecule has 0 atom stereocenters. The molecule has 0 aliphatic heterocycles. The molecule has 1 N–H and O–H groups in total. The SMILES string of the molecule is COc1ccc(C(=O)NC2CC2)cc1COc1ccc(C)cc1. The van der Waals surface area contributed by atoms with Gasteiger partial charge in [0, 0.05) is 17.2 Å². The van der Waals surface area contributed by atoms with E-state index >= 15 is 0 Å². The van der Waals surface area contributed by atoms with E-state index in [2.05, 4.69) is 5.32 Å². The summed E-state index contributed by atoms with van der Waals surface area (Å²) in [4.78, 5) is 12.2. The zero-order valence-electron chi connectivity index (χ0n) is 13.5. The van der Waals surface area contributed by atoms with Crippen LogP contribution < -0.4 is 14.8 Å². The highest BCUT2D eigenvalue weighted by atomic mass is 16.5. The minimum absolute atomic E-state index is 0.0354. The van der Waals surface area contributed by atoms with Crippen LogP contribution in [0.2, 0.25) is 0 Å². The van der Waals surface area contributed by atoms with Crippen LogP contribution in [0.25, 0.3) is 0 Å². The average molecular weight is 311 g/mol. The summed E-state index contributed by atoms with van der Waals surface area (Å²) in [6.45, 7) is 2.39. The Labute approximate surface area is 136 Å². The fraction of sp³-hybridized carbons (Fsp3) is 0.316. The van der Waals surface area contributed by atoms with Crippen LogP contribution in [0.3, 0.4) is 0 Å². The number of hydrogen-bond acceptors (Lipinski definition) is 3. The molecular weight excluding hydrogens is 290 g/mol. The lowest BCUT2D eigenvalue weighted by Crippen LogP contribution is -2.25. The van der Waals surface area contributed by atoms with Gasteiger partial charge in [-0.25, -0.2) is 0 Å². The molecule has 23 heavy (non-hydrogen) atoms. The van der Waals surface area contributed by atoms with E-state index in [1.807, 2.05) is 43.3 Å². The molecule has 2 aromatic carbocycles. The number of carbonyl (C=O) groups excluding carboxylic acids is 1. The molecule has 1 saturated carbocycles. The molecule has 0 aromatic heterocycles. The van der Waals surface area contributed by atoms with Crippen molar-refractivity contribution in [2.45, 2.75) is 32.4 Å². The number of methoxy groups -OCH3 is 1. The number of amides is 1. The Bertz CT molecular complexity index is 690. The van der Waals surface area contributed by atoms with Crippen LogP contribution in [0.4, 0.5) is 0 Å². The second-order valence-corrected chi connectivity index (χ2v) is 5.88. The number of nitrogens with one attached hydrogen (secondary N) is 1. The predicted molar refractivity (Wildman–Crippen MR) is 89.0 cm³/mol. The molecule has 0 spiro atoms. The van der Waals surface area contributed by atoms with Crippen molar-refractivity contribution in [2.75, 3.05) is 7.11 Å². The molecule has 2 aromatic rings. The van der Waals surface area contributed by atoms with E-state index in [0.717, 1.165) is 29.9 Å². The van der Waals surface area contributed by atoms with Crippen LogP contribution in [-0.4, -0.2) is 19.1 Å². The number of carbonyl (C=O) groups is 1. The standard InChI is InChI=1S/C19H21NO3/c1-13-3-8-17(9-4-13)23-12-15-11-14(5-10-18(15)22-2)19(21)20-16-6-7-16/h3-5,8-11,16H,6-7,12H2,1-2H3,(H,20,21). The Morgan fingerprint density at radius 1 is 1.17 bits per heavy atom. The second kappa shape index (κ2) is 6.73. The summed E-state index contributed by atoms with van der Waals surface area (Å²) in [5.74, 6) is 1.48. The average Bonchev–Trinajstić information content (AvgIpc) is 3.38. The maximum atomic E-state index is 12.2. The number of hydrogen-bond donors (Lipinski definition) is 1. The van der Waals surface area contributed by atoms with Crippen molar-refractivity contribution in [1.29, 1.82) is 0 Å². The van der Waals surface area contributed by atoms with Gasteiger partial charge < -0.3 is 14.8 Å². The third kappa shape index (κ3) is 4.03. The van der Waals surface area contributed by atoms with Crippen LogP contribution in [-0.2, 0) is 6.61 Å². The normalized spacial score (nSPS) is 13.5.